The fraction of sp³-hybridized carbons (Fsp3) is 0.667. The first-order chi connectivity index (χ1) is 6.33. The molecule has 1 aliphatic rings. The standard InChI is InChI=1S/C9H14BrN3/c1-2-13-9(7(10)6-12-13)8-4-3-5-11-8/h6,8,11H,2-5H2,1H3. The third kappa shape index (κ3) is 1.65. The lowest BCUT2D eigenvalue weighted by atomic mass is 10.1. The summed E-state index contributed by atoms with van der Waals surface area (Å²) in [6.45, 7) is 4.20. The minimum atomic E-state index is 0.497. The van der Waals surface area contributed by atoms with Crippen molar-refractivity contribution in [3.8, 4) is 0 Å². The Morgan fingerprint density at radius 3 is 3.23 bits per heavy atom. The molecule has 0 aromatic carbocycles. The van der Waals surface area contributed by atoms with E-state index in [9.17, 15) is 0 Å². The molecular weight excluding hydrogens is 230 g/mol. The Morgan fingerprint density at radius 1 is 1.77 bits per heavy atom. The molecule has 2 heterocycles. The summed E-state index contributed by atoms with van der Waals surface area (Å²) < 4.78 is 3.20. The summed E-state index contributed by atoms with van der Waals surface area (Å²) in [6, 6.07) is 0.497. The second-order valence-electron chi connectivity index (χ2n) is 3.34. The molecule has 0 bridgehead atoms. The van der Waals surface area contributed by atoms with Gasteiger partial charge in [-0.05, 0) is 42.2 Å². The van der Waals surface area contributed by atoms with Crippen LogP contribution in [-0.4, -0.2) is 16.3 Å². The average molecular weight is 244 g/mol. The highest BCUT2D eigenvalue weighted by atomic mass is 79.9. The van der Waals surface area contributed by atoms with E-state index in [-0.39, 0.29) is 0 Å². The summed E-state index contributed by atoms with van der Waals surface area (Å²) >= 11 is 3.54. The average Bonchev–Trinajstić information content (AvgIpc) is 2.72. The Balaban J connectivity index is 2.30. The van der Waals surface area contributed by atoms with Crippen molar-refractivity contribution in [1.82, 2.24) is 15.1 Å². The van der Waals surface area contributed by atoms with E-state index in [2.05, 4.69) is 38.0 Å². The van der Waals surface area contributed by atoms with E-state index >= 15 is 0 Å². The second kappa shape index (κ2) is 3.80. The fourth-order valence-corrected chi connectivity index (χ4v) is 2.46. The molecule has 1 unspecified atom stereocenters. The van der Waals surface area contributed by atoms with Gasteiger partial charge in [-0.25, -0.2) is 0 Å². The van der Waals surface area contributed by atoms with Crippen LogP contribution < -0.4 is 5.32 Å². The van der Waals surface area contributed by atoms with Gasteiger partial charge in [0.15, 0.2) is 0 Å². The summed E-state index contributed by atoms with van der Waals surface area (Å²) in [5.41, 5.74) is 1.31. The van der Waals surface area contributed by atoms with Crippen molar-refractivity contribution in [2.75, 3.05) is 6.54 Å². The van der Waals surface area contributed by atoms with Gasteiger partial charge in [0.1, 0.15) is 0 Å². The van der Waals surface area contributed by atoms with Gasteiger partial charge >= 0.3 is 0 Å². The van der Waals surface area contributed by atoms with Crippen LogP contribution in [-0.2, 0) is 6.54 Å². The van der Waals surface area contributed by atoms with Crippen molar-refractivity contribution in [3.63, 3.8) is 0 Å². The lowest BCUT2D eigenvalue weighted by Gasteiger charge is -2.12. The van der Waals surface area contributed by atoms with Crippen LogP contribution in [0.4, 0.5) is 0 Å². The molecule has 1 aliphatic heterocycles. The van der Waals surface area contributed by atoms with Crippen LogP contribution in [0.2, 0.25) is 0 Å². The number of hydrogen-bond donors (Lipinski definition) is 1. The van der Waals surface area contributed by atoms with Crippen molar-refractivity contribution in [2.24, 2.45) is 0 Å². The maximum atomic E-state index is 4.31. The smallest absolute Gasteiger partial charge is 0.0695 e. The van der Waals surface area contributed by atoms with Gasteiger partial charge in [0.05, 0.1) is 22.4 Å². The summed E-state index contributed by atoms with van der Waals surface area (Å²) in [6.07, 6.45) is 4.38. The van der Waals surface area contributed by atoms with Gasteiger partial charge in [-0.2, -0.15) is 5.10 Å². The maximum absolute atomic E-state index is 4.31. The summed E-state index contributed by atoms with van der Waals surface area (Å²) in [5.74, 6) is 0. The van der Waals surface area contributed by atoms with Crippen molar-refractivity contribution in [1.29, 1.82) is 0 Å². The maximum Gasteiger partial charge on any atom is 0.0695 e. The van der Waals surface area contributed by atoms with Crippen molar-refractivity contribution in [2.45, 2.75) is 32.4 Å². The van der Waals surface area contributed by atoms with Crippen LogP contribution in [0.5, 0.6) is 0 Å². The molecule has 1 aromatic rings. The topological polar surface area (TPSA) is 29.9 Å². The van der Waals surface area contributed by atoms with E-state index in [4.69, 9.17) is 0 Å². The minimum Gasteiger partial charge on any atom is -0.309 e. The number of hydrogen-bond acceptors (Lipinski definition) is 2. The molecule has 13 heavy (non-hydrogen) atoms. The van der Waals surface area contributed by atoms with E-state index in [1.165, 1.54) is 18.5 Å². The fourth-order valence-electron chi connectivity index (χ4n) is 1.89. The van der Waals surface area contributed by atoms with Crippen molar-refractivity contribution >= 4 is 15.9 Å². The highest BCUT2D eigenvalue weighted by molar-refractivity contribution is 9.10. The Morgan fingerprint density at radius 2 is 2.62 bits per heavy atom. The third-order valence-corrected chi connectivity index (χ3v) is 3.13. The zero-order valence-corrected chi connectivity index (χ0v) is 9.34. The SMILES string of the molecule is CCn1ncc(Br)c1C1CCCN1. The molecule has 72 valence electrons. The highest BCUT2D eigenvalue weighted by Gasteiger charge is 2.22. The lowest BCUT2D eigenvalue weighted by Crippen LogP contribution is -2.17. The molecule has 0 aliphatic carbocycles. The van der Waals surface area contributed by atoms with E-state index in [1.807, 2.05) is 6.20 Å². The van der Waals surface area contributed by atoms with Gasteiger partial charge in [0.2, 0.25) is 0 Å². The van der Waals surface area contributed by atoms with Crippen LogP contribution in [0.15, 0.2) is 10.7 Å². The lowest BCUT2D eigenvalue weighted by molar-refractivity contribution is 0.538. The number of rotatable bonds is 2. The number of nitrogens with zero attached hydrogens (tertiary/aromatic N) is 2. The Labute approximate surface area is 86.6 Å². The Bertz CT molecular complexity index is 289. The first-order valence-corrected chi connectivity index (χ1v) is 5.56. The molecule has 1 saturated heterocycles. The van der Waals surface area contributed by atoms with E-state index in [0.717, 1.165) is 17.6 Å². The molecule has 0 radical (unpaired) electrons. The summed E-state index contributed by atoms with van der Waals surface area (Å²) in [4.78, 5) is 0. The van der Waals surface area contributed by atoms with Gasteiger partial charge in [-0.1, -0.05) is 0 Å². The number of nitrogens with one attached hydrogen (secondary N) is 1. The van der Waals surface area contributed by atoms with Gasteiger partial charge in [-0.15, -0.1) is 0 Å². The molecule has 1 atom stereocenters. The van der Waals surface area contributed by atoms with Crippen LogP contribution in [0.3, 0.4) is 0 Å². The second-order valence-corrected chi connectivity index (χ2v) is 4.20. The minimum absolute atomic E-state index is 0.497. The quantitative estimate of drug-likeness (QED) is 0.863. The largest absolute Gasteiger partial charge is 0.309 e. The van der Waals surface area contributed by atoms with E-state index < -0.39 is 0 Å². The molecule has 0 spiro atoms. The third-order valence-electron chi connectivity index (χ3n) is 2.52. The van der Waals surface area contributed by atoms with Crippen LogP contribution in [0, 0.1) is 0 Å². The monoisotopic (exact) mass is 243 g/mol. The Hall–Kier alpha value is -0.350. The molecule has 0 saturated carbocycles. The molecular formula is C9H14BrN3. The van der Waals surface area contributed by atoms with Gasteiger partial charge in [0, 0.05) is 6.54 Å². The molecule has 2 rings (SSSR count). The predicted octanol–water partition coefficient (Wildman–Crippen LogP) is 2.09. The molecule has 1 aromatic heterocycles. The number of halogens is 1. The number of aromatic nitrogens is 2. The van der Waals surface area contributed by atoms with Crippen molar-refractivity contribution in [3.05, 3.63) is 16.4 Å². The first-order valence-electron chi connectivity index (χ1n) is 4.77. The van der Waals surface area contributed by atoms with Crippen LogP contribution in [0.1, 0.15) is 31.5 Å². The first kappa shape index (κ1) is 9.21. The molecule has 0 amide bonds. The molecule has 1 N–H and O–H groups in total. The normalized spacial score (nSPS) is 22.5. The van der Waals surface area contributed by atoms with Crippen LogP contribution in [0.25, 0.3) is 0 Å². The van der Waals surface area contributed by atoms with Crippen LogP contribution >= 0.6 is 15.9 Å². The van der Waals surface area contributed by atoms with E-state index in [0.29, 0.717) is 6.04 Å². The summed E-state index contributed by atoms with van der Waals surface area (Å²) in [7, 11) is 0. The highest BCUT2D eigenvalue weighted by Crippen LogP contribution is 2.28. The van der Waals surface area contributed by atoms with Gasteiger partial charge in [0.25, 0.3) is 0 Å². The van der Waals surface area contributed by atoms with E-state index in [1.54, 1.807) is 0 Å². The summed E-state index contributed by atoms with van der Waals surface area (Å²) in [5, 5.41) is 7.79. The van der Waals surface area contributed by atoms with Gasteiger partial charge in [-0.3, -0.25) is 4.68 Å². The zero-order chi connectivity index (χ0) is 9.26. The number of aryl methyl sites for hydroxylation is 1. The molecule has 4 heteroatoms. The Kier molecular flexibility index (Phi) is 2.69. The molecule has 3 nitrogen and oxygen atoms in total. The van der Waals surface area contributed by atoms with Crippen molar-refractivity contribution < 1.29 is 0 Å². The zero-order valence-electron chi connectivity index (χ0n) is 7.76. The van der Waals surface area contributed by atoms with Gasteiger partial charge < -0.3 is 5.32 Å². The molecule has 1 fully saturated rings. The predicted molar refractivity (Wildman–Crippen MR) is 55.6 cm³/mol.